The molecule has 0 rings (SSSR count). The van der Waals surface area contributed by atoms with Gasteiger partial charge >= 0.3 is 0 Å². The molecular weight excluding hydrogens is 192 g/mol. The first kappa shape index (κ1) is 14.4. The van der Waals surface area contributed by atoms with Crippen LogP contribution in [0.15, 0.2) is 0 Å². The van der Waals surface area contributed by atoms with Crippen molar-refractivity contribution in [1.82, 2.24) is 10.6 Å². The molecule has 0 aromatic carbocycles. The summed E-state index contributed by atoms with van der Waals surface area (Å²) in [4.78, 5) is 11.2. The number of hydrogen-bond acceptors (Lipinski definition) is 3. The first-order valence-electron chi connectivity index (χ1n) is 5.77. The summed E-state index contributed by atoms with van der Waals surface area (Å²) < 4.78 is 4.88. The molecule has 90 valence electrons. The molecule has 0 aromatic heterocycles. The predicted octanol–water partition coefficient (Wildman–Crippen LogP) is 0.919. The number of carbonyl (C=O) groups excluding carboxylic acids is 1. The Morgan fingerprint density at radius 2 is 2.00 bits per heavy atom. The average molecular weight is 216 g/mol. The number of hydrogen-bond donors (Lipinski definition) is 2. The van der Waals surface area contributed by atoms with E-state index in [0.29, 0.717) is 19.7 Å². The van der Waals surface area contributed by atoms with E-state index in [1.807, 2.05) is 0 Å². The van der Waals surface area contributed by atoms with Crippen molar-refractivity contribution < 1.29 is 9.53 Å². The molecule has 0 saturated heterocycles. The first-order chi connectivity index (χ1) is 7.31. The Bertz CT molecular complexity index is 152. The smallest absolute Gasteiger partial charge is 0.233 e. The van der Waals surface area contributed by atoms with Crippen molar-refractivity contribution >= 4 is 5.91 Å². The Morgan fingerprint density at radius 1 is 1.20 bits per heavy atom. The zero-order chi connectivity index (χ0) is 11.4. The number of unbranched alkanes of at least 4 members (excludes halogenated alkanes) is 2. The maximum atomic E-state index is 11.2. The van der Waals surface area contributed by atoms with E-state index in [-0.39, 0.29) is 5.91 Å². The summed E-state index contributed by atoms with van der Waals surface area (Å²) in [6, 6.07) is 0. The van der Waals surface area contributed by atoms with Gasteiger partial charge in [-0.3, -0.25) is 4.79 Å². The normalized spacial score (nSPS) is 10.3. The zero-order valence-corrected chi connectivity index (χ0v) is 9.97. The molecule has 15 heavy (non-hydrogen) atoms. The number of nitrogens with one attached hydrogen (secondary N) is 2. The second-order valence-electron chi connectivity index (χ2n) is 3.58. The van der Waals surface area contributed by atoms with Crippen LogP contribution in [-0.4, -0.2) is 39.3 Å². The minimum Gasteiger partial charge on any atom is -0.385 e. The maximum absolute atomic E-state index is 11.2. The van der Waals surface area contributed by atoms with Crippen LogP contribution in [0, 0.1) is 0 Å². The molecule has 0 unspecified atom stereocenters. The van der Waals surface area contributed by atoms with Crippen molar-refractivity contribution in [3.63, 3.8) is 0 Å². The second kappa shape index (κ2) is 11.5. The summed E-state index contributed by atoms with van der Waals surface area (Å²) in [6.45, 7) is 4.92. The van der Waals surface area contributed by atoms with Gasteiger partial charge < -0.3 is 15.4 Å². The molecule has 0 heterocycles. The van der Waals surface area contributed by atoms with Gasteiger partial charge in [0.05, 0.1) is 6.54 Å². The summed E-state index contributed by atoms with van der Waals surface area (Å²) in [5, 5.41) is 5.94. The van der Waals surface area contributed by atoms with Gasteiger partial charge in [0.2, 0.25) is 5.91 Å². The van der Waals surface area contributed by atoms with Crippen LogP contribution < -0.4 is 10.6 Å². The van der Waals surface area contributed by atoms with Crippen molar-refractivity contribution in [3.8, 4) is 0 Å². The van der Waals surface area contributed by atoms with Gasteiger partial charge in [-0.25, -0.2) is 0 Å². The van der Waals surface area contributed by atoms with Crippen LogP contribution in [0.3, 0.4) is 0 Å². The van der Waals surface area contributed by atoms with Gasteiger partial charge in [-0.05, 0) is 19.4 Å². The fraction of sp³-hybridized carbons (Fsp3) is 0.909. The SMILES string of the molecule is CCCCCNCC(=O)NCCCOC. The Labute approximate surface area is 92.8 Å². The minimum absolute atomic E-state index is 0.0719. The van der Waals surface area contributed by atoms with E-state index in [1.165, 1.54) is 12.8 Å². The highest BCUT2D eigenvalue weighted by molar-refractivity contribution is 5.77. The molecule has 0 radical (unpaired) electrons. The molecule has 0 fully saturated rings. The van der Waals surface area contributed by atoms with Crippen LogP contribution in [0.1, 0.15) is 32.6 Å². The lowest BCUT2D eigenvalue weighted by atomic mass is 10.2. The standard InChI is InChI=1S/C11H24N2O2/c1-3-4-5-7-12-10-11(14)13-8-6-9-15-2/h12H,3-10H2,1-2H3,(H,13,14). The van der Waals surface area contributed by atoms with Gasteiger partial charge in [-0.2, -0.15) is 0 Å². The molecule has 1 amide bonds. The molecule has 0 aliphatic carbocycles. The third-order valence-corrected chi connectivity index (χ3v) is 2.09. The molecule has 0 aliphatic heterocycles. The molecule has 0 spiro atoms. The molecule has 0 saturated carbocycles. The monoisotopic (exact) mass is 216 g/mol. The second-order valence-corrected chi connectivity index (χ2v) is 3.58. The average Bonchev–Trinajstić information content (AvgIpc) is 2.24. The van der Waals surface area contributed by atoms with Crippen LogP contribution in [0.25, 0.3) is 0 Å². The molecule has 2 N–H and O–H groups in total. The van der Waals surface area contributed by atoms with Crippen LogP contribution in [0.5, 0.6) is 0 Å². The summed E-state index contributed by atoms with van der Waals surface area (Å²) in [5.74, 6) is 0.0719. The number of carbonyl (C=O) groups is 1. The van der Waals surface area contributed by atoms with Crippen molar-refractivity contribution in [2.45, 2.75) is 32.6 Å². The third kappa shape index (κ3) is 11.3. The van der Waals surface area contributed by atoms with Gasteiger partial charge in [-0.1, -0.05) is 19.8 Å². The molecule has 4 nitrogen and oxygen atoms in total. The molecule has 0 aromatic rings. The van der Waals surface area contributed by atoms with Crippen molar-refractivity contribution in [2.75, 3.05) is 33.4 Å². The van der Waals surface area contributed by atoms with Crippen molar-refractivity contribution in [3.05, 3.63) is 0 Å². The Morgan fingerprint density at radius 3 is 2.67 bits per heavy atom. The lowest BCUT2D eigenvalue weighted by Gasteiger charge is -2.06. The van der Waals surface area contributed by atoms with E-state index in [9.17, 15) is 4.79 Å². The number of amides is 1. The van der Waals surface area contributed by atoms with E-state index in [4.69, 9.17) is 4.74 Å². The van der Waals surface area contributed by atoms with Gasteiger partial charge in [0, 0.05) is 20.3 Å². The lowest BCUT2D eigenvalue weighted by molar-refractivity contribution is -0.120. The lowest BCUT2D eigenvalue weighted by Crippen LogP contribution is -2.35. The summed E-state index contributed by atoms with van der Waals surface area (Å²) in [6.07, 6.45) is 4.46. The fourth-order valence-corrected chi connectivity index (χ4v) is 1.21. The number of methoxy groups -OCH3 is 1. The van der Waals surface area contributed by atoms with E-state index in [2.05, 4.69) is 17.6 Å². The van der Waals surface area contributed by atoms with Crippen molar-refractivity contribution in [2.24, 2.45) is 0 Å². The Balaban J connectivity index is 3.11. The molecule has 0 bridgehead atoms. The summed E-state index contributed by atoms with van der Waals surface area (Å²) in [5.41, 5.74) is 0. The number of rotatable bonds is 10. The van der Waals surface area contributed by atoms with E-state index in [1.54, 1.807) is 7.11 Å². The molecule has 0 atom stereocenters. The third-order valence-electron chi connectivity index (χ3n) is 2.09. The number of ether oxygens (including phenoxy) is 1. The highest BCUT2D eigenvalue weighted by Crippen LogP contribution is 1.90. The quantitative estimate of drug-likeness (QED) is 0.534. The minimum atomic E-state index is 0.0719. The van der Waals surface area contributed by atoms with Gasteiger partial charge in [0.25, 0.3) is 0 Å². The van der Waals surface area contributed by atoms with E-state index < -0.39 is 0 Å². The van der Waals surface area contributed by atoms with Crippen molar-refractivity contribution in [1.29, 1.82) is 0 Å². The molecule has 4 heteroatoms. The topological polar surface area (TPSA) is 50.4 Å². The summed E-state index contributed by atoms with van der Waals surface area (Å²) >= 11 is 0. The maximum Gasteiger partial charge on any atom is 0.233 e. The van der Waals surface area contributed by atoms with Crippen LogP contribution >= 0.6 is 0 Å². The van der Waals surface area contributed by atoms with Crippen LogP contribution in [-0.2, 0) is 9.53 Å². The first-order valence-corrected chi connectivity index (χ1v) is 5.77. The largest absolute Gasteiger partial charge is 0.385 e. The Hall–Kier alpha value is -0.610. The van der Waals surface area contributed by atoms with Gasteiger partial charge in [-0.15, -0.1) is 0 Å². The Kier molecular flexibility index (Phi) is 11.0. The fourth-order valence-electron chi connectivity index (χ4n) is 1.21. The van der Waals surface area contributed by atoms with E-state index >= 15 is 0 Å². The highest BCUT2D eigenvalue weighted by Gasteiger charge is 1.98. The van der Waals surface area contributed by atoms with Gasteiger partial charge in [0.1, 0.15) is 0 Å². The van der Waals surface area contributed by atoms with E-state index in [0.717, 1.165) is 19.4 Å². The van der Waals surface area contributed by atoms with Gasteiger partial charge in [0.15, 0.2) is 0 Å². The molecule has 0 aliphatic rings. The predicted molar refractivity (Wildman–Crippen MR) is 61.9 cm³/mol. The summed E-state index contributed by atoms with van der Waals surface area (Å²) in [7, 11) is 1.66. The highest BCUT2D eigenvalue weighted by atomic mass is 16.5. The van der Waals surface area contributed by atoms with Crippen LogP contribution in [0.4, 0.5) is 0 Å². The molecular formula is C11H24N2O2. The van der Waals surface area contributed by atoms with Crippen LogP contribution in [0.2, 0.25) is 0 Å². The zero-order valence-electron chi connectivity index (χ0n) is 9.97.